The number of unbranched alkanes of at least 4 members (excludes halogenated alkanes) is 9. The molecule has 0 aliphatic heterocycles. The highest BCUT2D eigenvalue weighted by Crippen LogP contribution is 2.23. The molecule has 0 spiro atoms. The molecular weight excluding hydrogens is 448 g/mol. The normalized spacial score (nSPS) is 11.1. The van der Waals surface area contributed by atoms with Gasteiger partial charge in [-0.25, -0.2) is 4.79 Å². The Kier molecular flexibility index (Phi) is 14.9. The Bertz CT molecular complexity index is 922. The van der Waals surface area contributed by atoms with Crippen molar-refractivity contribution in [2.45, 2.75) is 90.9 Å². The van der Waals surface area contributed by atoms with E-state index in [9.17, 15) is 4.79 Å². The largest absolute Gasteiger partial charge is 0.494 e. The number of ether oxygens (including phenoxy) is 2. The first-order valence-electron chi connectivity index (χ1n) is 13.6. The van der Waals surface area contributed by atoms with E-state index in [0.29, 0.717) is 12.2 Å². The lowest BCUT2D eigenvalue weighted by atomic mass is 10.1. The van der Waals surface area contributed by atoms with Crippen LogP contribution in [0.3, 0.4) is 0 Å². The fourth-order valence-electron chi connectivity index (χ4n) is 3.82. The van der Waals surface area contributed by atoms with Gasteiger partial charge in [0.25, 0.3) is 0 Å². The Morgan fingerprint density at radius 3 is 2.08 bits per heavy atom. The van der Waals surface area contributed by atoms with Gasteiger partial charge in [0.05, 0.1) is 24.6 Å². The number of esters is 1. The van der Waals surface area contributed by atoms with E-state index >= 15 is 0 Å². The third-order valence-electron chi connectivity index (χ3n) is 5.99. The smallest absolute Gasteiger partial charge is 0.333 e. The van der Waals surface area contributed by atoms with Crippen LogP contribution in [0, 0.1) is 0 Å². The summed E-state index contributed by atoms with van der Waals surface area (Å²) < 4.78 is 11.0. The summed E-state index contributed by atoms with van der Waals surface area (Å²) in [6.45, 7) is 8.72. The number of hydrogen-bond acceptors (Lipinski definition) is 5. The van der Waals surface area contributed by atoms with Crippen molar-refractivity contribution in [3.63, 3.8) is 0 Å². The molecule has 0 aliphatic rings. The molecule has 36 heavy (non-hydrogen) atoms. The second-order valence-electron chi connectivity index (χ2n) is 9.41. The number of azo groups is 1. The minimum Gasteiger partial charge on any atom is -0.494 e. The van der Waals surface area contributed by atoms with E-state index in [2.05, 4.69) is 41.9 Å². The van der Waals surface area contributed by atoms with Gasteiger partial charge in [0.1, 0.15) is 5.75 Å². The van der Waals surface area contributed by atoms with Crippen molar-refractivity contribution in [1.82, 2.24) is 0 Å². The summed E-state index contributed by atoms with van der Waals surface area (Å²) in [5.74, 6) is 0.590. The van der Waals surface area contributed by atoms with E-state index in [1.165, 1.54) is 56.9 Å². The second-order valence-corrected chi connectivity index (χ2v) is 9.41. The zero-order valence-electron chi connectivity index (χ0n) is 22.3. The van der Waals surface area contributed by atoms with Gasteiger partial charge in [0.2, 0.25) is 0 Å². The molecule has 0 N–H and O–H groups in total. The number of benzene rings is 2. The Morgan fingerprint density at radius 1 is 0.778 bits per heavy atom. The molecule has 5 nitrogen and oxygen atoms in total. The highest BCUT2D eigenvalue weighted by Gasteiger charge is 2.02. The number of carbonyl (C=O) groups excluding carboxylic acids is 1. The first-order chi connectivity index (χ1) is 17.6. The van der Waals surface area contributed by atoms with Gasteiger partial charge >= 0.3 is 5.97 Å². The lowest BCUT2D eigenvalue weighted by Gasteiger charge is -2.06. The molecule has 0 bridgehead atoms. The zero-order valence-corrected chi connectivity index (χ0v) is 22.3. The van der Waals surface area contributed by atoms with Crippen LogP contribution in [-0.2, 0) is 16.0 Å². The monoisotopic (exact) mass is 492 g/mol. The number of hydrogen-bond donors (Lipinski definition) is 0. The second kappa shape index (κ2) is 18.3. The summed E-state index contributed by atoms with van der Waals surface area (Å²) in [6, 6.07) is 16.2. The molecule has 196 valence electrons. The SMILES string of the molecule is C=C(C)C(=O)OCCCCCCCCCCOc1ccc(N=Nc2cccc(CCCCC)c2)cc1. The van der Waals surface area contributed by atoms with Crippen molar-refractivity contribution in [3.05, 3.63) is 66.2 Å². The van der Waals surface area contributed by atoms with Crippen molar-refractivity contribution < 1.29 is 14.3 Å². The molecular formula is C31H44N2O3. The maximum atomic E-state index is 11.3. The topological polar surface area (TPSA) is 60.2 Å². The van der Waals surface area contributed by atoms with Crippen LogP contribution in [-0.4, -0.2) is 19.2 Å². The van der Waals surface area contributed by atoms with Gasteiger partial charge in [0, 0.05) is 5.57 Å². The van der Waals surface area contributed by atoms with Crippen LogP contribution in [0.25, 0.3) is 0 Å². The molecule has 0 saturated heterocycles. The van der Waals surface area contributed by atoms with Gasteiger partial charge in [-0.05, 0) is 74.6 Å². The lowest BCUT2D eigenvalue weighted by molar-refractivity contribution is -0.139. The fraction of sp³-hybridized carbons (Fsp3) is 0.516. The first-order valence-corrected chi connectivity index (χ1v) is 13.6. The van der Waals surface area contributed by atoms with E-state index in [1.54, 1.807) is 6.92 Å². The van der Waals surface area contributed by atoms with Crippen LogP contribution in [0.15, 0.2) is 70.9 Å². The highest BCUT2D eigenvalue weighted by molar-refractivity contribution is 5.86. The Hall–Kier alpha value is -2.95. The molecule has 2 aromatic rings. The minimum absolute atomic E-state index is 0.284. The fourth-order valence-corrected chi connectivity index (χ4v) is 3.82. The third kappa shape index (κ3) is 13.2. The lowest BCUT2D eigenvalue weighted by Crippen LogP contribution is -2.05. The molecule has 0 aromatic heterocycles. The summed E-state index contributed by atoms with van der Waals surface area (Å²) >= 11 is 0. The van der Waals surface area contributed by atoms with Crippen LogP contribution in [0.2, 0.25) is 0 Å². The van der Waals surface area contributed by atoms with Crippen LogP contribution in [0.5, 0.6) is 5.75 Å². The molecule has 0 atom stereocenters. The van der Waals surface area contributed by atoms with Gasteiger partial charge in [-0.15, -0.1) is 0 Å². The van der Waals surface area contributed by atoms with Crippen LogP contribution in [0.1, 0.15) is 90.0 Å². The Morgan fingerprint density at radius 2 is 1.42 bits per heavy atom. The van der Waals surface area contributed by atoms with Gasteiger partial charge in [0.15, 0.2) is 0 Å². The summed E-state index contributed by atoms with van der Waals surface area (Å²) in [6.07, 6.45) is 14.0. The van der Waals surface area contributed by atoms with Crippen LogP contribution < -0.4 is 4.74 Å². The molecule has 0 heterocycles. The van der Waals surface area contributed by atoms with Gasteiger partial charge in [-0.1, -0.05) is 77.0 Å². The summed E-state index contributed by atoms with van der Waals surface area (Å²) in [5.41, 5.74) is 3.51. The Labute approximate surface area is 218 Å². The molecule has 2 aromatic carbocycles. The van der Waals surface area contributed by atoms with E-state index in [0.717, 1.165) is 49.4 Å². The molecule has 0 unspecified atom stereocenters. The van der Waals surface area contributed by atoms with Gasteiger partial charge in [-0.2, -0.15) is 10.2 Å². The van der Waals surface area contributed by atoms with Crippen LogP contribution in [0.4, 0.5) is 11.4 Å². The van der Waals surface area contributed by atoms with E-state index < -0.39 is 0 Å². The zero-order chi connectivity index (χ0) is 25.8. The van der Waals surface area contributed by atoms with Crippen molar-refractivity contribution >= 4 is 17.3 Å². The average molecular weight is 493 g/mol. The predicted molar refractivity (Wildman–Crippen MR) is 148 cm³/mol. The Balaban J connectivity index is 1.52. The predicted octanol–water partition coefficient (Wildman–Crippen LogP) is 9.45. The molecule has 0 saturated carbocycles. The summed E-state index contributed by atoms with van der Waals surface area (Å²) in [4.78, 5) is 11.3. The number of rotatable bonds is 19. The first kappa shape index (κ1) is 29.3. The quantitative estimate of drug-likeness (QED) is 0.0849. The third-order valence-corrected chi connectivity index (χ3v) is 5.99. The van der Waals surface area contributed by atoms with Crippen LogP contribution >= 0.6 is 0 Å². The van der Waals surface area contributed by atoms with Crippen molar-refractivity contribution in [2.24, 2.45) is 10.2 Å². The van der Waals surface area contributed by atoms with E-state index in [1.807, 2.05) is 30.3 Å². The molecule has 0 fully saturated rings. The van der Waals surface area contributed by atoms with Gasteiger partial charge in [-0.3, -0.25) is 0 Å². The minimum atomic E-state index is -0.284. The summed E-state index contributed by atoms with van der Waals surface area (Å²) in [7, 11) is 0. The molecule has 0 amide bonds. The van der Waals surface area contributed by atoms with Crippen molar-refractivity contribution in [1.29, 1.82) is 0 Å². The maximum Gasteiger partial charge on any atom is 0.333 e. The average Bonchev–Trinajstić information content (AvgIpc) is 2.89. The van der Waals surface area contributed by atoms with Crippen molar-refractivity contribution in [2.75, 3.05) is 13.2 Å². The molecule has 0 radical (unpaired) electrons. The molecule has 2 rings (SSSR count). The molecule has 5 heteroatoms. The highest BCUT2D eigenvalue weighted by atomic mass is 16.5. The standard InChI is InChI=1S/C31H44N2O3/c1-4-5-12-16-27-17-15-18-29(25-27)33-32-28-19-21-30(22-20-28)35-23-13-10-8-6-7-9-11-14-24-36-31(34)26(2)3/h15,17-22,25H,2,4-14,16,23-24H2,1,3H3. The molecule has 0 aliphatic carbocycles. The van der Waals surface area contributed by atoms with Gasteiger partial charge < -0.3 is 9.47 Å². The van der Waals surface area contributed by atoms with E-state index in [-0.39, 0.29) is 5.97 Å². The number of carbonyl (C=O) groups is 1. The maximum absolute atomic E-state index is 11.3. The number of nitrogens with zero attached hydrogens (tertiary/aromatic N) is 2. The van der Waals surface area contributed by atoms with E-state index in [4.69, 9.17) is 9.47 Å². The summed E-state index contributed by atoms with van der Waals surface area (Å²) in [5, 5.41) is 8.78. The number of aryl methyl sites for hydroxylation is 1. The van der Waals surface area contributed by atoms with Crippen molar-refractivity contribution in [3.8, 4) is 5.75 Å².